The second kappa shape index (κ2) is 5.19. The summed E-state index contributed by atoms with van der Waals surface area (Å²) in [6.45, 7) is 0. The minimum Gasteiger partial charge on any atom is -0.255 e. The van der Waals surface area contributed by atoms with E-state index >= 15 is 0 Å². The topological polar surface area (TPSA) is 59.1 Å². The predicted molar refractivity (Wildman–Crippen MR) is 76.8 cm³/mol. The molecule has 0 aliphatic heterocycles. The Hall–Kier alpha value is -0.980. The summed E-state index contributed by atoms with van der Waals surface area (Å²) in [7, 11) is -3.39. The number of rotatable bonds is 3. The number of hydrogen-bond donors (Lipinski definition) is 1. The number of aromatic nitrogens is 1. The standard InChI is InChI=1S/C13H16N2O2S2/c16-19(17,15-10-5-2-1-3-6-10)13-9-11-12(18-13)7-4-8-14-11/h4,7-10,15H,1-3,5-6H2. The first-order valence-corrected chi connectivity index (χ1v) is 8.82. The smallest absolute Gasteiger partial charge is 0.250 e. The highest BCUT2D eigenvalue weighted by Crippen LogP contribution is 2.28. The third-order valence-electron chi connectivity index (χ3n) is 3.46. The van der Waals surface area contributed by atoms with Crippen molar-refractivity contribution >= 4 is 31.6 Å². The van der Waals surface area contributed by atoms with Crippen molar-refractivity contribution in [3.05, 3.63) is 24.4 Å². The lowest BCUT2D eigenvalue weighted by atomic mass is 9.96. The molecule has 0 aromatic carbocycles. The van der Waals surface area contributed by atoms with Crippen LogP contribution in [0.3, 0.4) is 0 Å². The van der Waals surface area contributed by atoms with Crippen LogP contribution in [0, 0.1) is 0 Å². The average Bonchev–Trinajstić information content (AvgIpc) is 2.84. The number of hydrogen-bond acceptors (Lipinski definition) is 4. The van der Waals surface area contributed by atoms with Gasteiger partial charge in [-0.25, -0.2) is 13.1 Å². The van der Waals surface area contributed by atoms with Crippen LogP contribution in [0.2, 0.25) is 0 Å². The Kier molecular flexibility index (Phi) is 3.56. The lowest BCUT2D eigenvalue weighted by Crippen LogP contribution is -2.35. The number of thiophene rings is 1. The molecule has 6 heteroatoms. The molecular formula is C13H16N2O2S2. The second-order valence-corrected chi connectivity index (χ2v) is 7.93. The highest BCUT2D eigenvalue weighted by atomic mass is 32.2. The number of fused-ring (bicyclic) bond motifs is 1. The predicted octanol–water partition coefficient (Wildman–Crippen LogP) is 2.91. The minimum absolute atomic E-state index is 0.0944. The van der Waals surface area contributed by atoms with Gasteiger partial charge >= 0.3 is 0 Å². The van der Waals surface area contributed by atoms with E-state index in [0.717, 1.165) is 35.9 Å². The summed E-state index contributed by atoms with van der Waals surface area (Å²) in [5.74, 6) is 0. The Balaban J connectivity index is 1.86. The van der Waals surface area contributed by atoms with Crippen LogP contribution in [0.15, 0.2) is 28.6 Å². The van der Waals surface area contributed by atoms with E-state index < -0.39 is 10.0 Å². The summed E-state index contributed by atoms with van der Waals surface area (Å²) in [6, 6.07) is 5.47. The van der Waals surface area contributed by atoms with Crippen LogP contribution < -0.4 is 4.72 Å². The molecule has 3 rings (SSSR count). The maximum absolute atomic E-state index is 12.3. The molecule has 0 unspecified atom stereocenters. The molecule has 0 bridgehead atoms. The molecule has 0 atom stereocenters. The molecular weight excluding hydrogens is 280 g/mol. The highest BCUT2D eigenvalue weighted by Gasteiger charge is 2.23. The van der Waals surface area contributed by atoms with Gasteiger partial charge in [-0.15, -0.1) is 11.3 Å². The fourth-order valence-corrected chi connectivity index (χ4v) is 5.14. The Morgan fingerprint density at radius 1 is 1.26 bits per heavy atom. The summed E-state index contributed by atoms with van der Waals surface area (Å²) in [5, 5.41) is 0. The van der Waals surface area contributed by atoms with Crippen LogP contribution in [-0.2, 0) is 10.0 Å². The van der Waals surface area contributed by atoms with Gasteiger partial charge in [-0.3, -0.25) is 4.98 Å². The molecule has 0 radical (unpaired) electrons. The van der Waals surface area contributed by atoms with Crippen LogP contribution in [0.4, 0.5) is 0 Å². The third kappa shape index (κ3) is 2.80. The van der Waals surface area contributed by atoms with E-state index in [4.69, 9.17) is 0 Å². The van der Waals surface area contributed by atoms with E-state index in [9.17, 15) is 8.42 Å². The minimum atomic E-state index is -3.39. The molecule has 1 aliphatic rings. The van der Waals surface area contributed by atoms with Gasteiger partial charge in [-0.1, -0.05) is 19.3 Å². The van der Waals surface area contributed by atoms with Crippen LogP contribution in [0.5, 0.6) is 0 Å². The summed E-state index contributed by atoms with van der Waals surface area (Å²) in [6.07, 6.45) is 7.01. The first-order chi connectivity index (χ1) is 9.15. The van der Waals surface area contributed by atoms with Gasteiger partial charge in [0.25, 0.3) is 0 Å². The maximum Gasteiger partial charge on any atom is 0.250 e. The molecule has 1 aliphatic carbocycles. The van der Waals surface area contributed by atoms with E-state index in [0.29, 0.717) is 4.21 Å². The third-order valence-corrected chi connectivity index (χ3v) is 6.54. The van der Waals surface area contributed by atoms with Crippen molar-refractivity contribution in [1.82, 2.24) is 9.71 Å². The molecule has 2 aromatic heterocycles. The van der Waals surface area contributed by atoms with Gasteiger partial charge < -0.3 is 0 Å². The van der Waals surface area contributed by atoms with Crippen molar-refractivity contribution in [3.8, 4) is 0 Å². The van der Waals surface area contributed by atoms with Crippen molar-refractivity contribution in [1.29, 1.82) is 0 Å². The van der Waals surface area contributed by atoms with Gasteiger partial charge in [-0.2, -0.15) is 0 Å². The van der Waals surface area contributed by atoms with E-state index in [-0.39, 0.29) is 6.04 Å². The van der Waals surface area contributed by atoms with Gasteiger partial charge in [0.15, 0.2) is 0 Å². The van der Waals surface area contributed by atoms with E-state index in [1.807, 2.05) is 12.1 Å². The van der Waals surface area contributed by atoms with E-state index in [1.165, 1.54) is 17.8 Å². The summed E-state index contributed by atoms with van der Waals surface area (Å²) in [5.41, 5.74) is 0.747. The Bertz CT molecular complexity index is 640. The fourth-order valence-electron chi connectivity index (χ4n) is 2.48. The van der Waals surface area contributed by atoms with Crippen LogP contribution in [-0.4, -0.2) is 19.4 Å². The molecule has 1 fully saturated rings. The van der Waals surface area contributed by atoms with Crippen molar-refractivity contribution in [2.45, 2.75) is 42.4 Å². The van der Waals surface area contributed by atoms with Crippen molar-refractivity contribution in [3.63, 3.8) is 0 Å². The van der Waals surface area contributed by atoms with Crippen LogP contribution in [0.25, 0.3) is 10.2 Å². The van der Waals surface area contributed by atoms with Gasteiger partial charge in [0, 0.05) is 12.2 Å². The largest absolute Gasteiger partial charge is 0.255 e. The monoisotopic (exact) mass is 296 g/mol. The molecule has 102 valence electrons. The zero-order chi connectivity index (χ0) is 13.3. The molecule has 2 aromatic rings. The SMILES string of the molecule is O=S(=O)(NC1CCCCC1)c1cc2ncccc2s1. The summed E-state index contributed by atoms with van der Waals surface area (Å²) >= 11 is 1.28. The average molecular weight is 296 g/mol. The van der Waals surface area contributed by atoms with Gasteiger partial charge in [0.1, 0.15) is 4.21 Å². The van der Waals surface area contributed by atoms with E-state index in [1.54, 1.807) is 12.3 Å². The number of nitrogens with one attached hydrogen (secondary N) is 1. The number of sulfonamides is 1. The maximum atomic E-state index is 12.3. The van der Waals surface area contributed by atoms with Crippen molar-refractivity contribution in [2.24, 2.45) is 0 Å². The van der Waals surface area contributed by atoms with Crippen molar-refractivity contribution in [2.75, 3.05) is 0 Å². The number of nitrogens with zero attached hydrogens (tertiary/aromatic N) is 1. The second-order valence-electron chi connectivity index (χ2n) is 4.91. The Labute approximate surface area is 116 Å². The zero-order valence-corrected chi connectivity index (χ0v) is 12.1. The van der Waals surface area contributed by atoms with Crippen molar-refractivity contribution < 1.29 is 8.42 Å². The molecule has 0 saturated heterocycles. The quantitative estimate of drug-likeness (QED) is 0.947. The fraction of sp³-hybridized carbons (Fsp3) is 0.462. The lowest BCUT2D eigenvalue weighted by molar-refractivity contribution is 0.412. The first-order valence-electron chi connectivity index (χ1n) is 6.52. The normalized spacial score (nSPS) is 17.9. The summed E-state index contributed by atoms with van der Waals surface area (Å²) < 4.78 is 28.8. The molecule has 1 N–H and O–H groups in total. The highest BCUT2D eigenvalue weighted by molar-refractivity contribution is 7.91. The molecule has 19 heavy (non-hydrogen) atoms. The first kappa shape index (κ1) is 13.0. The Morgan fingerprint density at radius 3 is 2.79 bits per heavy atom. The Morgan fingerprint density at radius 2 is 2.05 bits per heavy atom. The number of pyridine rings is 1. The van der Waals surface area contributed by atoms with Gasteiger partial charge in [0.2, 0.25) is 10.0 Å². The van der Waals surface area contributed by atoms with Gasteiger partial charge in [-0.05, 0) is 31.0 Å². The molecule has 4 nitrogen and oxygen atoms in total. The van der Waals surface area contributed by atoms with E-state index in [2.05, 4.69) is 9.71 Å². The molecule has 1 saturated carbocycles. The van der Waals surface area contributed by atoms with Crippen LogP contribution >= 0.6 is 11.3 Å². The van der Waals surface area contributed by atoms with Crippen LogP contribution in [0.1, 0.15) is 32.1 Å². The summed E-state index contributed by atoms with van der Waals surface area (Å²) in [4.78, 5) is 4.18. The molecule has 2 heterocycles. The van der Waals surface area contributed by atoms with Gasteiger partial charge in [0.05, 0.1) is 10.2 Å². The molecule has 0 amide bonds. The zero-order valence-electron chi connectivity index (χ0n) is 10.5. The lowest BCUT2D eigenvalue weighted by Gasteiger charge is -2.22. The molecule has 0 spiro atoms.